The Kier molecular flexibility index (Phi) is 7.79. The number of aliphatic hydroxyl groups excluding tert-OH is 1. The molecule has 118 valence electrons. The van der Waals surface area contributed by atoms with Gasteiger partial charge < -0.3 is 20.6 Å². The highest BCUT2D eigenvalue weighted by atomic mass is 16.2. The average molecular weight is 293 g/mol. The lowest BCUT2D eigenvalue weighted by molar-refractivity contribution is 0.220. The maximum Gasteiger partial charge on any atom is 0.321 e. The monoisotopic (exact) mass is 293 g/mol. The van der Waals surface area contributed by atoms with E-state index in [0.29, 0.717) is 12.6 Å². The zero-order valence-electron chi connectivity index (χ0n) is 13.2. The van der Waals surface area contributed by atoms with Gasteiger partial charge in [0, 0.05) is 31.9 Å². The number of carbonyl (C=O) groups is 1. The number of urea groups is 1. The lowest BCUT2D eigenvalue weighted by Crippen LogP contribution is -2.32. The van der Waals surface area contributed by atoms with E-state index in [9.17, 15) is 4.79 Å². The molecule has 0 aromatic heterocycles. The number of hydrogen-bond acceptors (Lipinski definition) is 3. The highest BCUT2D eigenvalue weighted by Crippen LogP contribution is 2.15. The van der Waals surface area contributed by atoms with Crippen LogP contribution in [0.3, 0.4) is 0 Å². The van der Waals surface area contributed by atoms with Crippen LogP contribution >= 0.6 is 0 Å². The standard InChI is InChI=1S/C16H27N3O2/c1-13(17-2)14-7-9-15(10-8-14)18-16(21)19(3)11-5-4-6-12-20/h7-10,13,17,20H,4-6,11-12H2,1-3H3,(H,18,21). The number of nitrogens with one attached hydrogen (secondary N) is 2. The van der Waals surface area contributed by atoms with Crippen molar-refractivity contribution in [3.05, 3.63) is 29.8 Å². The number of anilines is 1. The first-order chi connectivity index (χ1) is 10.1. The topological polar surface area (TPSA) is 64.6 Å². The van der Waals surface area contributed by atoms with Crippen molar-refractivity contribution in [2.24, 2.45) is 0 Å². The number of nitrogens with zero attached hydrogens (tertiary/aromatic N) is 1. The van der Waals surface area contributed by atoms with Gasteiger partial charge in [0.15, 0.2) is 0 Å². The van der Waals surface area contributed by atoms with Crippen molar-refractivity contribution in [1.29, 1.82) is 0 Å². The lowest BCUT2D eigenvalue weighted by atomic mass is 10.1. The van der Waals surface area contributed by atoms with Gasteiger partial charge in [-0.05, 0) is 50.9 Å². The number of hydrogen-bond donors (Lipinski definition) is 3. The van der Waals surface area contributed by atoms with Gasteiger partial charge in [0.2, 0.25) is 0 Å². The van der Waals surface area contributed by atoms with Gasteiger partial charge in [-0.1, -0.05) is 12.1 Å². The largest absolute Gasteiger partial charge is 0.396 e. The fourth-order valence-corrected chi connectivity index (χ4v) is 1.98. The summed E-state index contributed by atoms with van der Waals surface area (Å²) in [5.41, 5.74) is 1.99. The van der Waals surface area contributed by atoms with Crippen LogP contribution in [0.4, 0.5) is 10.5 Å². The van der Waals surface area contributed by atoms with Crippen LogP contribution in [0, 0.1) is 0 Å². The maximum atomic E-state index is 12.0. The van der Waals surface area contributed by atoms with Crippen LogP contribution in [0.5, 0.6) is 0 Å². The number of aliphatic hydroxyl groups is 1. The van der Waals surface area contributed by atoms with Crippen LogP contribution in [0.1, 0.15) is 37.8 Å². The molecule has 1 unspecified atom stereocenters. The zero-order valence-corrected chi connectivity index (χ0v) is 13.2. The second kappa shape index (κ2) is 9.37. The van der Waals surface area contributed by atoms with Crippen LogP contribution in [-0.2, 0) is 0 Å². The smallest absolute Gasteiger partial charge is 0.321 e. The predicted octanol–water partition coefficient (Wildman–Crippen LogP) is 2.59. The van der Waals surface area contributed by atoms with Gasteiger partial charge in [0.05, 0.1) is 0 Å². The molecule has 0 aliphatic heterocycles. The highest BCUT2D eigenvalue weighted by Gasteiger charge is 2.09. The van der Waals surface area contributed by atoms with Gasteiger partial charge >= 0.3 is 6.03 Å². The van der Waals surface area contributed by atoms with Gasteiger partial charge in [0.25, 0.3) is 0 Å². The molecular weight excluding hydrogens is 266 g/mol. The van der Waals surface area contributed by atoms with E-state index in [2.05, 4.69) is 17.6 Å². The minimum atomic E-state index is -0.103. The number of rotatable bonds is 8. The first kappa shape index (κ1) is 17.5. The molecule has 3 N–H and O–H groups in total. The van der Waals surface area contributed by atoms with Crippen LogP contribution in [-0.4, -0.2) is 43.3 Å². The quantitative estimate of drug-likeness (QED) is 0.646. The summed E-state index contributed by atoms with van der Waals surface area (Å²) in [6, 6.07) is 8.05. The summed E-state index contributed by atoms with van der Waals surface area (Å²) in [6.45, 7) is 3.00. The van der Waals surface area contributed by atoms with E-state index in [0.717, 1.165) is 24.9 Å². The van der Waals surface area contributed by atoms with Crippen molar-refractivity contribution in [1.82, 2.24) is 10.2 Å². The van der Waals surface area contributed by atoms with Crippen molar-refractivity contribution in [3.8, 4) is 0 Å². The second-order valence-corrected chi connectivity index (χ2v) is 5.27. The molecule has 1 aromatic rings. The third-order valence-electron chi connectivity index (χ3n) is 3.59. The lowest BCUT2D eigenvalue weighted by Gasteiger charge is -2.18. The van der Waals surface area contributed by atoms with Crippen LogP contribution in [0.15, 0.2) is 24.3 Å². The van der Waals surface area contributed by atoms with Crippen molar-refractivity contribution < 1.29 is 9.90 Å². The molecule has 0 radical (unpaired) electrons. The molecule has 1 rings (SSSR count). The second-order valence-electron chi connectivity index (χ2n) is 5.27. The zero-order chi connectivity index (χ0) is 15.7. The third kappa shape index (κ3) is 6.14. The van der Waals surface area contributed by atoms with Crippen molar-refractivity contribution >= 4 is 11.7 Å². The summed E-state index contributed by atoms with van der Waals surface area (Å²) in [4.78, 5) is 13.7. The molecule has 0 aliphatic carbocycles. The average Bonchev–Trinajstić information content (AvgIpc) is 2.51. The SMILES string of the molecule is CNC(C)c1ccc(NC(=O)N(C)CCCCCO)cc1. The highest BCUT2D eigenvalue weighted by molar-refractivity contribution is 5.89. The fourth-order valence-electron chi connectivity index (χ4n) is 1.98. The molecule has 1 aromatic carbocycles. The summed E-state index contributed by atoms with van der Waals surface area (Å²) in [5, 5.41) is 14.8. The summed E-state index contributed by atoms with van der Waals surface area (Å²) in [5.74, 6) is 0. The van der Waals surface area contributed by atoms with E-state index in [-0.39, 0.29) is 12.6 Å². The Morgan fingerprint density at radius 3 is 2.48 bits per heavy atom. The molecule has 0 heterocycles. The van der Waals surface area contributed by atoms with Gasteiger partial charge in [-0.2, -0.15) is 0 Å². The van der Waals surface area contributed by atoms with Gasteiger partial charge in [-0.25, -0.2) is 4.79 Å². The summed E-state index contributed by atoms with van der Waals surface area (Å²) in [6.07, 6.45) is 2.63. The molecule has 0 bridgehead atoms. The van der Waals surface area contributed by atoms with Crippen molar-refractivity contribution in [2.45, 2.75) is 32.2 Å². The Balaban J connectivity index is 2.43. The Morgan fingerprint density at radius 1 is 1.24 bits per heavy atom. The molecule has 0 fully saturated rings. The van der Waals surface area contributed by atoms with Gasteiger partial charge in [0.1, 0.15) is 0 Å². The summed E-state index contributed by atoms with van der Waals surface area (Å²) < 4.78 is 0. The number of carbonyl (C=O) groups excluding carboxylic acids is 1. The van der Waals surface area contributed by atoms with E-state index >= 15 is 0 Å². The fraction of sp³-hybridized carbons (Fsp3) is 0.562. The summed E-state index contributed by atoms with van der Waals surface area (Å²) in [7, 11) is 3.71. The Morgan fingerprint density at radius 2 is 1.90 bits per heavy atom. The molecule has 0 spiro atoms. The van der Waals surface area contributed by atoms with E-state index < -0.39 is 0 Å². The predicted molar refractivity (Wildman–Crippen MR) is 86.5 cm³/mol. The Hall–Kier alpha value is -1.59. The van der Waals surface area contributed by atoms with Gasteiger partial charge in [-0.3, -0.25) is 0 Å². The first-order valence-corrected chi connectivity index (χ1v) is 7.48. The molecule has 0 saturated carbocycles. The molecule has 21 heavy (non-hydrogen) atoms. The first-order valence-electron chi connectivity index (χ1n) is 7.48. The Labute approximate surface area is 127 Å². The van der Waals surface area contributed by atoms with Gasteiger partial charge in [-0.15, -0.1) is 0 Å². The van der Waals surface area contributed by atoms with E-state index in [1.54, 1.807) is 11.9 Å². The molecule has 5 nitrogen and oxygen atoms in total. The van der Waals surface area contributed by atoms with E-state index in [4.69, 9.17) is 5.11 Å². The minimum Gasteiger partial charge on any atom is -0.396 e. The Bertz CT molecular complexity index is 420. The number of amides is 2. The van der Waals surface area contributed by atoms with Crippen molar-refractivity contribution in [3.63, 3.8) is 0 Å². The number of benzene rings is 1. The molecule has 1 atom stereocenters. The normalized spacial score (nSPS) is 12.0. The third-order valence-corrected chi connectivity index (χ3v) is 3.59. The maximum absolute atomic E-state index is 12.0. The number of unbranched alkanes of at least 4 members (excludes halogenated alkanes) is 2. The molecule has 0 aliphatic rings. The van der Waals surface area contributed by atoms with Crippen molar-refractivity contribution in [2.75, 3.05) is 32.6 Å². The van der Waals surface area contributed by atoms with E-state index in [1.807, 2.05) is 31.3 Å². The molecule has 0 saturated heterocycles. The minimum absolute atomic E-state index is 0.103. The van der Waals surface area contributed by atoms with Crippen LogP contribution < -0.4 is 10.6 Å². The van der Waals surface area contributed by atoms with E-state index in [1.165, 1.54) is 5.56 Å². The van der Waals surface area contributed by atoms with Crippen LogP contribution in [0.2, 0.25) is 0 Å². The molecule has 2 amide bonds. The molecule has 5 heteroatoms. The summed E-state index contributed by atoms with van der Waals surface area (Å²) >= 11 is 0. The molecular formula is C16H27N3O2. The van der Waals surface area contributed by atoms with Crippen LogP contribution in [0.25, 0.3) is 0 Å².